The van der Waals surface area contributed by atoms with Crippen molar-refractivity contribution in [2.75, 3.05) is 76.4 Å². The summed E-state index contributed by atoms with van der Waals surface area (Å²) in [7, 11) is 1.73. The van der Waals surface area contributed by atoms with E-state index in [1.165, 1.54) is 24.1 Å². The van der Waals surface area contributed by atoms with Crippen molar-refractivity contribution in [1.29, 1.82) is 0 Å². The molecule has 9 nitrogen and oxygen atoms in total. The predicted molar refractivity (Wildman–Crippen MR) is 164 cm³/mol. The van der Waals surface area contributed by atoms with Crippen molar-refractivity contribution in [3.8, 4) is 17.0 Å². The Labute approximate surface area is 243 Å². The van der Waals surface area contributed by atoms with Crippen LogP contribution in [0, 0.1) is 5.92 Å². The van der Waals surface area contributed by atoms with Crippen LogP contribution in [0.25, 0.3) is 11.3 Å². The fourth-order valence-corrected chi connectivity index (χ4v) is 6.14. The van der Waals surface area contributed by atoms with Gasteiger partial charge in [0.15, 0.2) is 0 Å². The van der Waals surface area contributed by atoms with E-state index in [9.17, 15) is 0 Å². The first-order valence-corrected chi connectivity index (χ1v) is 15.1. The molecule has 7 rings (SSSR count). The average Bonchev–Trinajstić information content (AvgIpc) is 3.01. The second-order valence-corrected chi connectivity index (χ2v) is 11.3. The molecule has 4 aliphatic heterocycles. The van der Waals surface area contributed by atoms with Crippen LogP contribution in [0.3, 0.4) is 0 Å². The Morgan fingerprint density at radius 2 is 1.78 bits per heavy atom. The number of fused-ring (bicyclic) bond motifs is 8. The molecule has 3 aromatic rings. The zero-order valence-electron chi connectivity index (χ0n) is 24.2. The Kier molecular flexibility index (Phi) is 9.27. The molecule has 9 heteroatoms. The molecule has 0 spiro atoms. The minimum atomic E-state index is 0.596. The van der Waals surface area contributed by atoms with Crippen LogP contribution in [0.1, 0.15) is 30.4 Å². The van der Waals surface area contributed by atoms with Crippen LogP contribution in [-0.4, -0.2) is 81.0 Å². The van der Waals surface area contributed by atoms with Crippen molar-refractivity contribution >= 4 is 17.3 Å². The number of benzene rings is 2. The number of nitrogens with one attached hydrogen (secondary N) is 3. The number of rotatable bonds is 2. The van der Waals surface area contributed by atoms with Crippen LogP contribution < -0.4 is 25.6 Å². The van der Waals surface area contributed by atoms with Gasteiger partial charge in [0.05, 0.1) is 26.0 Å². The Balaban J connectivity index is 1.30. The molecule has 0 radical (unpaired) electrons. The summed E-state index contributed by atoms with van der Waals surface area (Å²) in [5.41, 5.74) is 6.72. The fourth-order valence-electron chi connectivity index (χ4n) is 6.14. The third-order valence-electron chi connectivity index (χ3n) is 8.48. The Morgan fingerprint density at radius 1 is 0.927 bits per heavy atom. The number of ether oxygens (including phenoxy) is 2. The standard InChI is InChI=1S/C32H43N7O2/c1-40-31-6-3-25-19-26(31)22-34-11-2-10-33-21-24-8-13-38(14-9-24)23-27-20-28(36-32-35-12-7-29(25)37-32)4-5-30(27)39-15-17-41-18-16-39/h3-7,12,19-20,24,33-34H,2,8-11,13-18,21-23H2,1H3,(H,35,36,37). The Hall–Kier alpha value is -3.24. The van der Waals surface area contributed by atoms with Gasteiger partial charge in [0, 0.05) is 54.9 Å². The number of hydrogen-bond donors (Lipinski definition) is 3. The van der Waals surface area contributed by atoms with Gasteiger partial charge in [-0.25, -0.2) is 9.97 Å². The fraction of sp³-hybridized carbons (Fsp3) is 0.500. The summed E-state index contributed by atoms with van der Waals surface area (Å²) in [6.07, 6.45) is 5.41. The van der Waals surface area contributed by atoms with E-state index < -0.39 is 0 Å². The molecule has 41 heavy (non-hydrogen) atoms. The molecule has 4 aliphatic rings. The lowest BCUT2D eigenvalue weighted by Gasteiger charge is -2.35. The van der Waals surface area contributed by atoms with E-state index in [2.05, 4.69) is 61.1 Å². The average molecular weight is 558 g/mol. The number of aromatic nitrogens is 2. The van der Waals surface area contributed by atoms with Crippen molar-refractivity contribution in [1.82, 2.24) is 25.5 Å². The summed E-state index contributed by atoms with van der Waals surface area (Å²) >= 11 is 0. The number of hydrogen-bond acceptors (Lipinski definition) is 9. The summed E-state index contributed by atoms with van der Waals surface area (Å²) < 4.78 is 11.3. The zero-order chi connectivity index (χ0) is 27.9. The van der Waals surface area contributed by atoms with E-state index in [1.807, 2.05) is 18.3 Å². The van der Waals surface area contributed by atoms with Gasteiger partial charge in [-0.15, -0.1) is 0 Å². The van der Waals surface area contributed by atoms with Gasteiger partial charge in [0.25, 0.3) is 0 Å². The predicted octanol–water partition coefficient (Wildman–Crippen LogP) is 4.03. The SMILES string of the molecule is COc1ccc2cc1CNCCCNCC1CCN(CC1)Cc1cc(ccc1N1CCOCC1)Nc1nccc-2n1. The molecule has 2 aromatic carbocycles. The van der Waals surface area contributed by atoms with Crippen LogP contribution in [-0.2, 0) is 17.8 Å². The lowest BCUT2D eigenvalue weighted by molar-refractivity contribution is 0.122. The van der Waals surface area contributed by atoms with E-state index in [0.29, 0.717) is 5.95 Å². The lowest BCUT2D eigenvalue weighted by atomic mass is 9.96. The molecule has 0 aliphatic carbocycles. The van der Waals surface area contributed by atoms with Crippen LogP contribution >= 0.6 is 0 Å². The molecule has 2 saturated heterocycles. The van der Waals surface area contributed by atoms with Gasteiger partial charge in [-0.05, 0) is 106 Å². The topological polar surface area (TPSA) is 86.8 Å². The highest BCUT2D eigenvalue weighted by Crippen LogP contribution is 2.30. The van der Waals surface area contributed by atoms with Crippen LogP contribution in [0.5, 0.6) is 5.75 Å². The third-order valence-corrected chi connectivity index (χ3v) is 8.48. The van der Waals surface area contributed by atoms with Crippen LogP contribution in [0.2, 0.25) is 0 Å². The van der Waals surface area contributed by atoms with E-state index >= 15 is 0 Å². The lowest BCUT2D eigenvalue weighted by Crippen LogP contribution is -2.39. The highest BCUT2D eigenvalue weighted by atomic mass is 16.5. The zero-order valence-corrected chi connectivity index (χ0v) is 24.2. The summed E-state index contributed by atoms with van der Waals surface area (Å²) in [4.78, 5) is 14.5. The van der Waals surface area contributed by atoms with Gasteiger partial charge in [-0.2, -0.15) is 0 Å². The highest BCUT2D eigenvalue weighted by Gasteiger charge is 2.22. The van der Waals surface area contributed by atoms with Gasteiger partial charge < -0.3 is 30.3 Å². The minimum absolute atomic E-state index is 0.596. The smallest absolute Gasteiger partial charge is 0.227 e. The first-order chi connectivity index (χ1) is 20.2. The summed E-state index contributed by atoms with van der Waals surface area (Å²) in [6.45, 7) is 10.5. The molecule has 0 saturated carbocycles. The third kappa shape index (κ3) is 7.16. The van der Waals surface area contributed by atoms with Gasteiger partial charge in [0.2, 0.25) is 5.95 Å². The first kappa shape index (κ1) is 27.9. The van der Waals surface area contributed by atoms with Crippen molar-refractivity contribution in [2.45, 2.75) is 32.4 Å². The number of morpholine rings is 1. The Morgan fingerprint density at radius 3 is 2.63 bits per heavy atom. The first-order valence-electron chi connectivity index (χ1n) is 15.1. The largest absolute Gasteiger partial charge is 0.496 e. The number of piperidine rings is 1. The van der Waals surface area contributed by atoms with Crippen LogP contribution in [0.15, 0.2) is 48.7 Å². The highest BCUT2D eigenvalue weighted by molar-refractivity contribution is 5.67. The summed E-state index contributed by atoms with van der Waals surface area (Å²) in [5, 5.41) is 10.8. The molecule has 0 atom stereocenters. The maximum Gasteiger partial charge on any atom is 0.227 e. The summed E-state index contributed by atoms with van der Waals surface area (Å²) in [5.74, 6) is 2.24. The van der Waals surface area contributed by atoms with E-state index in [-0.39, 0.29) is 0 Å². The van der Waals surface area contributed by atoms with E-state index in [1.54, 1.807) is 7.11 Å². The molecule has 0 amide bonds. The number of methoxy groups -OCH3 is 1. The maximum absolute atomic E-state index is 5.66. The van der Waals surface area contributed by atoms with Crippen LogP contribution in [0.4, 0.5) is 17.3 Å². The molecule has 3 N–H and O–H groups in total. The molecule has 2 fully saturated rings. The second-order valence-electron chi connectivity index (χ2n) is 11.3. The second kappa shape index (κ2) is 13.6. The van der Waals surface area contributed by atoms with Gasteiger partial charge in [-0.1, -0.05) is 0 Å². The Bertz CT molecular complexity index is 1290. The summed E-state index contributed by atoms with van der Waals surface area (Å²) in [6, 6.07) is 14.9. The number of anilines is 3. The quantitative estimate of drug-likeness (QED) is 0.432. The van der Waals surface area contributed by atoms with E-state index in [0.717, 1.165) is 113 Å². The molecule has 0 unspecified atom stereocenters. The van der Waals surface area contributed by atoms with Gasteiger partial charge >= 0.3 is 0 Å². The molecule has 5 heterocycles. The monoisotopic (exact) mass is 557 g/mol. The minimum Gasteiger partial charge on any atom is -0.496 e. The van der Waals surface area contributed by atoms with Crippen molar-refractivity contribution in [2.24, 2.45) is 5.92 Å². The maximum atomic E-state index is 5.66. The molecular weight excluding hydrogens is 514 g/mol. The van der Waals surface area contributed by atoms with Crippen molar-refractivity contribution in [3.05, 3.63) is 59.8 Å². The van der Waals surface area contributed by atoms with Crippen molar-refractivity contribution in [3.63, 3.8) is 0 Å². The molecule has 1 aromatic heterocycles. The molecule has 8 bridgehead atoms. The van der Waals surface area contributed by atoms with Crippen molar-refractivity contribution < 1.29 is 9.47 Å². The normalized spacial score (nSPS) is 22.2. The molecule has 218 valence electrons. The molecular formula is C32H43N7O2. The van der Waals surface area contributed by atoms with E-state index in [4.69, 9.17) is 14.5 Å². The van der Waals surface area contributed by atoms with Gasteiger partial charge in [0.1, 0.15) is 5.75 Å². The van der Waals surface area contributed by atoms with Gasteiger partial charge in [-0.3, -0.25) is 4.90 Å². The number of nitrogens with zero attached hydrogens (tertiary/aromatic N) is 4.